The topological polar surface area (TPSA) is 15.3 Å². The predicted molar refractivity (Wildman–Crippen MR) is 89.1 cm³/mol. The molecule has 0 aliphatic heterocycles. The highest BCUT2D eigenvalue weighted by Crippen LogP contribution is 2.13. The summed E-state index contributed by atoms with van der Waals surface area (Å²) in [6, 6.07) is 9.72. The summed E-state index contributed by atoms with van der Waals surface area (Å²) in [7, 11) is 2.22. The molecule has 2 heteroatoms. The lowest BCUT2D eigenvalue weighted by Gasteiger charge is -2.27. The average Bonchev–Trinajstić information content (AvgIpc) is 2.44. The minimum Gasteiger partial charge on any atom is -0.316 e. The van der Waals surface area contributed by atoms with E-state index in [0.717, 1.165) is 26.1 Å². The molecule has 0 saturated carbocycles. The van der Waals surface area contributed by atoms with E-state index < -0.39 is 0 Å². The van der Waals surface area contributed by atoms with Crippen LogP contribution in [0.15, 0.2) is 24.3 Å². The van der Waals surface area contributed by atoms with Crippen molar-refractivity contribution in [2.75, 3.05) is 20.1 Å². The third kappa shape index (κ3) is 6.06. The van der Waals surface area contributed by atoms with E-state index in [1.807, 2.05) is 0 Å². The quantitative estimate of drug-likeness (QED) is 0.692. The zero-order chi connectivity index (χ0) is 15.0. The van der Waals surface area contributed by atoms with Gasteiger partial charge in [-0.05, 0) is 56.9 Å². The van der Waals surface area contributed by atoms with Crippen LogP contribution in [0.5, 0.6) is 0 Å². The van der Waals surface area contributed by atoms with Crippen LogP contribution in [0, 0.1) is 5.92 Å². The fourth-order valence-electron chi connectivity index (χ4n) is 2.29. The molecule has 0 bridgehead atoms. The highest BCUT2D eigenvalue weighted by molar-refractivity contribution is 5.22. The van der Waals surface area contributed by atoms with E-state index in [2.05, 4.69) is 69.2 Å². The molecule has 0 saturated heterocycles. The van der Waals surface area contributed by atoms with Crippen molar-refractivity contribution in [3.63, 3.8) is 0 Å². The van der Waals surface area contributed by atoms with Crippen LogP contribution in [0.4, 0.5) is 0 Å². The summed E-state index contributed by atoms with van der Waals surface area (Å²) in [6.07, 6.45) is 2.33. The van der Waals surface area contributed by atoms with Crippen LogP contribution in [-0.2, 0) is 13.0 Å². The van der Waals surface area contributed by atoms with Crippen molar-refractivity contribution in [1.82, 2.24) is 10.2 Å². The van der Waals surface area contributed by atoms with Gasteiger partial charge in [0.2, 0.25) is 0 Å². The van der Waals surface area contributed by atoms with Crippen LogP contribution in [0.25, 0.3) is 0 Å². The molecular weight excluding hydrogens is 244 g/mol. The average molecular weight is 276 g/mol. The first-order valence-corrected chi connectivity index (χ1v) is 8.03. The second-order valence-electron chi connectivity index (χ2n) is 6.22. The van der Waals surface area contributed by atoms with Gasteiger partial charge in [0, 0.05) is 12.6 Å². The lowest BCUT2D eigenvalue weighted by atomic mass is 10.0. The molecule has 2 nitrogen and oxygen atoms in total. The summed E-state index contributed by atoms with van der Waals surface area (Å²) < 4.78 is 0. The minimum atomic E-state index is 0.618. The molecule has 0 aromatic heterocycles. The van der Waals surface area contributed by atoms with Crippen LogP contribution in [0.3, 0.4) is 0 Å². The van der Waals surface area contributed by atoms with Crippen LogP contribution in [0.1, 0.15) is 45.2 Å². The van der Waals surface area contributed by atoms with Crippen molar-refractivity contribution in [3.05, 3.63) is 35.4 Å². The van der Waals surface area contributed by atoms with Crippen molar-refractivity contribution in [1.29, 1.82) is 0 Å². The van der Waals surface area contributed by atoms with Gasteiger partial charge < -0.3 is 5.32 Å². The summed E-state index contributed by atoms with van der Waals surface area (Å²) in [6.45, 7) is 12.3. The number of hydrogen-bond acceptors (Lipinski definition) is 2. The summed E-state index contributed by atoms with van der Waals surface area (Å²) in [4.78, 5) is 2.43. The number of nitrogens with zero attached hydrogens (tertiary/aromatic N) is 1. The standard InChI is InChI=1S/C18H32N2/c1-6-12-19-13-11-17-7-9-18(10-8-17)14-20(5)16(4)15(2)3/h7-10,15-16,19H,6,11-14H2,1-5H3. The van der Waals surface area contributed by atoms with E-state index >= 15 is 0 Å². The number of benzene rings is 1. The maximum Gasteiger partial charge on any atom is 0.0233 e. The Morgan fingerprint density at radius 1 is 1.00 bits per heavy atom. The minimum absolute atomic E-state index is 0.618. The van der Waals surface area contributed by atoms with Crippen molar-refractivity contribution < 1.29 is 0 Å². The maximum absolute atomic E-state index is 3.45. The van der Waals surface area contributed by atoms with E-state index in [0.29, 0.717) is 12.0 Å². The van der Waals surface area contributed by atoms with Gasteiger partial charge >= 0.3 is 0 Å². The predicted octanol–water partition coefficient (Wildman–Crippen LogP) is 3.71. The van der Waals surface area contributed by atoms with E-state index in [-0.39, 0.29) is 0 Å². The van der Waals surface area contributed by atoms with Gasteiger partial charge in [0.05, 0.1) is 0 Å². The van der Waals surface area contributed by atoms with E-state index in [1.165, 1.54) is 17.5 Å². The van der Waals surface area contributed by atoms with E-state index in [1.54, 1.807) is 0 Å². The summed E-state index contributed by atoms with van der Waals surface area (Å²) in [5.74, 6) is 0.698. The molecule has 0 aliphatic rings. The van der Waals surface area contributed by atoms with Gasteiger partial charge in [-0.25, -0.2) is 0 Å². The summed E-state index contributed by atoms with van der Waals surface area (Å²) in [5, 5.41) is 3.45. The van der Waals surface area contributed by atoms with Crippen molar-refractivity contribution in [2.24, 2.45) is 5.92 Å². The Morgan fingerprint density at radius 3 is 2.15 bits per heavy atom. The zero-order valence-corrected chi connectivity index (χ0v) is 13.9. The molecule has 1 aromatic rings. The monoisotopic (exact) mass is 276 g/mol. The van der Waals surface area contributed by atoms with Gasteiger partial charge in [-0.3, -0.25) is 4.90 Å². The Balaban J connectivity index is 2.42. The Bertz CT molecular complexity index is 356. The van der Waals surface area contributed by atoms with Crippen molar-refractivity contribution >= 4 is 0 Å². The number of nitrogens with one attached hydrogen (secondary N) is 1. The van der Waals surface area contributed by atoms with Crippen molar-refractivity contribution in [2.45, 2.75) is 53.1 Å². The molecule has 0 aliphatic carbocycles. The molecule has 1 aromatic carbocycles. The largest absolute Gasteiger partial charge is 0.316 e. The van der Waals surface area contributed by atoms with Crippen molar-refractivity contribution in [3.8, 4) is 0 Å². The molecule has 0 heterocycles. The molecule has 20 heavy (non-hydrogen) atoms. The third-order valence-corrected chi connectivity index (χ3v) is 4.13. The van der Waals surface area contributed by atoms with Crippen LogP contribution in [-0.4, -0.2) is 31.1 Å². The zero-order valence-electron chi connectivity index (χ0n) is 13.9. The first kappa shape index (κ1) is 17.2. The molecular formula is C18H32N2. The molecule has 1 unspecified atom stereocenters. The maximum atomic E-state index is 3.45. The van der Waals surface area contributed by atoms with Gasteiger partial charge in [-0.15, -0.1) is 0 Å². The molecule has 1 rings (SSSR count). The Morgan fingerprint density at radius 2 is 1.60 bits per heavy atom. The molecule has 0 spiro atoms. The lowest BCUT2D eigenvalue weighted by molar-refractivity contribution is 0.200. The molecule has 1 N–H and O–H groups in total. The highest BCUT2D eigenvalue weighted by atomic mass is 15.1. The summed E-state index contributed by atoms with van der Waals surface area (Å²) >= 11 is 0. The van der Waals surface area contributed by atoms with E-state index in [4.69, 9.17) is 0 Å². The molecule has 0 radical (unpaired) electrons. The number of rotatable bonds is 9. The second kappa shape index (κ2) is 9.15. The second-order valence-corrected chi connectivity index (χ2v) is 6.22. The smallest absolute Gasteiger partial charge is 0.0233 e. The van der Waals surface area contributed by atoms with Gasteiger partial charge in [-0.1, -0.05) is 45.0 Å². The molecule has 0 amide bonds. The van der Waals surface area contributed by atoms with E-state index in [9.17, 15) is 0 Å². The Kier molecular flexibility index (Phi) is 7.86. The van der Waals surface area contributed by atoms with Crippen LogP contribution in [0.2, 0.25) is 0 Å². The first-order valence-electron chi connectivity index (χ1n) is 8.03. The Hall–Kier alpha value is -0.860. The fourth-order valence-corrected chi connectivity index (χ4v) is 2.29. The third-order valence-electron chi connectivity index (χ3n) is 4.13. The SMILES string of the molecule is CCCNCCc1ccc(CN(C)C(C)C(C)C)cc1. The lowest BCUT2D eigenvalue weighted by Crippen LogP contribution is -2.32. The van der Waals surface area contributed by atoms with Gasteiger partial charge in [0.25, 0.3) is 0 Å². The molecule has 0 fully saturated rings. The van der Waals surface area contributed by atoms with Crippen LogP contribution >= 0.6 is 0 Å². The first-order chi connectivity index (χ1) is 9.54. The van der Waals surface area contributed by atoms with Gasteiger partial charge in [0.15, 0.2) is 0 Å². The Labute approximate surface area is 125 Å². The van der Waals surface area contributed by atoms with Crippen LogP contribution < -0.4 is 5.32 Å². The normalized spacial score (nSPS) is 13.2. The molecule has 114 valence electrons. The molecule has 1 atom stereocenters. The number of hydrogen-bond donors (Lipinski definition) is 1. The van der Waals surface area contributed by atoms with Gasteiger partial charge in [-0.2, -0.15) is 0 Å². The summed E-state index contributed by atoms with van der Waals surface area (Å²) in [5.41, 5.74) is 2.84. The highest BCUT2D eigenvalue weighted by Gasteiger charge is 2.12. The fraction of sp³-hybridized carbons (Fsp3) is 0.667. The van der Waals surface area contributed by atoms with Gasteiger partial charge in [0.1, 0.15) is 0 Å².